The van der Waals surface area contributed by atoms with E-state index in [1.807, 2.05) is 55.5 Å². The van der Waals surface area contributed by atoms with Gasteiger partial charge in [-0.1, -0.05) is 71.5 Å². The smallest absolute Gasteiger partial charge is 0.271 e. The number of rotatable bonds is 4. The molecule has 0 saturated heterocycles. The molecule has 35 heavy (non-hydrogen) atoms. The molecule has 0 radical (unpaired) electrons. The number of aryl methyl sites for hydroxylation is 1. The topological polar surface area (TPSA) is 63.5 Å². The number of aromatic nitrogens is 1. The van der Waals surface area contributed by atoms with Crippen LogP contribution in [-0.4, -0.2) is 10.5 Å². The maximum absolute atomic E-state index is 13.7. The van der Waals surface area contributed by atoms with Crippen LogP contribution in [0.15, 0.2) is 99.9 Å². The molecule has 0 saturated carbocycles. The Morgan fingerprint density at radius 1 is 1.00 bits per heavy atom. The second-order valence-corrected chi connectivity index (χ2v) is 9.37. The maximum Gasteiger partial charge on any atom is 0.271 e. The lowest BCUT2D eigenvalue weighted by molar-refractivity contribution is -0.113. The Hall–Kier alpha value is -4.10. The van der Waals surface area contributed by atoms with Crippen molar-refractivity contribution in [2.75, 3.05) is 5.32 Å². The number of fused-ring (bicyclic) bond motifs is 1. The minimum absolute atomic E-state index is 0.249. The Kier molecular flexibility index (Phi) is 6.01. The summed E-state index contributed by atoms with van der Waals surface area (Å²) in [6, 6.07) is 22.1. The van der Waals surface area contributed by atoms with Crippen molar-refractivity contribution in [2.45, 2.75) is 19.9 Å². The number of nitrogens with one attached hydrogen (secondary N) is 1. The van der Waals surface area contributed by atoms with E-state index < -0.39 is 11.9 Å². The summed E-state index contributed by atoms with van der Waals surface area (Å²) in [6.45, 7) is 3.76. The van der Waals surface area contributed by atoms with Gasteiger partial charge in [-0.05, 0) is 55.3 Å². The first kappa shape index (κ1) is 22.7. The van der Waals surface area contributed by atoms with Gasteiger partial charge in [0.1, 0.15) is 5.82 Å². The minimum atomic E-state index is -0.740. The first-order valence-corrected chi connectivity index (χ1v) is 11.9. The van der Waals surface area contributed by atoms with E-state index in [1.165, 1.54) is 28.0 Å². The molecule has 5 nitrogen and oxygen atoms in total. The number of carbonyl (C=O) groups is 1. The van der Waals surface area contributed by atoms with Crippen LogP contribution >= 0.6 is 11.3 Å². The van der Waals surface area contributed by atoms with Crippen LogP contribution in [0.3, 0.4) is 0 Å². The number of thiazole rings is 1. The quantitative estimate of drug-likeness (QED) is 0.470. The predicted octanol–water partition coefficient (Wildman–Crippen LogP) is 4.32. The molecule has 7 heteroatoms. The summed E-state index contributed by atoms with van der Waals surface area (Å²) in [5.41, 5.74) is 3.89. The van der Waals surface area contributed by atoms with Crippen LogP contribution in [0.25, 0.3) is 6.08 Å². The van der Waals surface area contributed by atoms with Crippen molar-refractivity contribution in [1.82, 2.24) is 4.57 Å². The molecular weight excluding hydrogens is 461 g/mol. The third-order valence-electron chi connectivity index (χ3n) is 5.86. The van der Waals surface area contributed by atoms with Crippen LogP contribution in [0.1, 0.15) is 29.7 Å². The summed E-state index contributed by atoms with van der Waals surface area (Å²) in [7, 11) is 0. The Morgan fingerprint density at radius 2 is 1.69 bits per heavy atom. The molecule has 1 aliphatic rings. The highest BCUT2D eigenvalue weighted by molar-refractivity contribution is 7.07. The number of allylic oxidation sites excluding steroid dienone is 1. The van der Waals surface area contributed by atoms with Crippen molar-refractivity contribution >= 4 is 29.0 Å². The zero-order valence-electron chi connectivity index (χ0n) is 19.2. The van der Waals surface area contributed by atoms with Gasteiger partial charge in [0.2, 0.25) is 0 Å². The number of carbonyl (C=O) groups excluding carboxylic acids is 1. The number of hydrogen-bond acceptors (Lipinski definition) is 4. The van der Waals surface area contributed by atoms with E-state index in [4.69, 9.17) is 0 Å². The molecule has 0 fully saturated rings. The fraction of sp³-hybridized carbons (Fsp3) is 0.107. The molecule has 1 atom stereocenters. The second-order valence-electron chi connectivity index (χ2n) is 8.36. The van der Waals surface area contributed by atoms with Crippen molar-refractivity contribution in [3.8, 4) is 0 Å². The van der Waals surface area contributed by atoms with E-state index in [0.717, 1.165) is 11.1 Å². The molecule has 5 rings (SSSR count). The standard InChI is InChI=1S/C28H22FN3O2S/c1-17-8-10-19(11-9-17)16-23-27(34)32-25(20-12-14-21(29)15-13-20)24(18(2)30-28(32)35-23)26(33)31-22-6-4-3-5-7-22/h3-16,25H,1-2H3,(H,31,33)/b23-16-. The molecule has 174 valence electrons. The molecule has 3 aromatic carbocycles. The van der Waals surface area contributed by atoms with E-state index in [-0.39, 0.29) is 11.5 Å². The van der Waals surface area contributed by atoms with Crippen LogP contribution in [0.2, 0.25) is 0 Å². The Bertz CT molecular complexity index is 1620. The van der Waals surface area contributed by atoms with Gasteiger partial charge in [-0.15, -0.1) is 0 Å². The van der Waals surface area contributed by atoms with Gasteiger partial charge < -0.3 is 5.32 Å². The summed E-state index contributed by atoms with van der Waals surface area (Å²) < 4.78 is 15.8. The van der Waals surface area contributed by atoms with E-state index >= 15 is 0 Å². The van der Waals surface area contributed by atoms with E-state index in [9.17, 15) is 14.0 Å². The average molecular weight is 484 g/mol. The number of hydrogen-bond donors (Lipinski definition) is 1. The highest BCUT2D eigenvalue weighted by Gasteiger charge is 2.32. The van der Waals surface area contributed by atoms with Gasteiger partial charge in [0.05, 0.1) is 21.8 Å². The molecule has 2 heterocycles. The fourth-order valence-electron chi connectivity index (χ4n) is 4.11. The zero-order valence-corrected chi connectivity index (χ0v) is 20.0. The fourth-order valence-corrected chi connectivity index (χ4v) is 5.15. The molecule has 1 N–H and O–H groups in total. The zero-order chi connectivity index (χ0) is 24.5. The lowest BCUT2D eigenvalue weighted by Crippen LogP contribution is -2.40. The number of anilines is 1. The van der Waals surface area contributed by atoms with Gasteiger partial charge in [0.25, 0.3) is 11.5 Å². The van der Waals surface area contributed by atoms with Gasteiger partial charge in [-0.25, -0.2) is 9.38 Å². The SMILES string of the molecule is CC1=C(C(=O)Nc2ccccc2)C(c2ccc(F)cc2)n2c(s/c(=C\c3ccc(C)cc3)c2=O)=N1. The molecule has 1 amide bonds. The van der Waals surface area contributed by atoms with Gasteiger partial charge in [0.15, 0.2) is 4.80 Å². The van der Waals surface area contributed by atoms with E-state index in [1.54, 1.807) is 31.2 Å². The second kappa shape index (κ2) is 9.27. The van der Waals surface area contributed by atoms with E-state index in [2.05, 4.69) is 10.3 Å². The molecule has 1 unspecified atom stereocenters. The highest BCUT2D eigenvalue weighted by atomic mass is 32.1. The molecule has 0 bridgehead atoms. The summed E-state index contributed by atoms with van der Waals surface area (Å²) in [5, 5.41) is 2.90. The van der Waals surface area contributed by atoms with Crippen molar-refractivity contribution in [3.05, 3.63) is 132 Å². The third-order valence-corrected chi connectivity index (χ3v) is 6.84. The molecule has 0 aliphatic carbocycles. The van der Waals surface area contributed by atoms with Gasteiger partial charge >= 0.3 is 0 Å². The lowest BCUT2D eigenvalue weighted by atomic mass is 9.95. The first-order chi connectivity index (χ1) is 16.9. The van der Waals surface area contributed by atoms with Crippen LogP contribution in [0.5, 0.6) is 0 Å². The Balaban J connectivity index is 1.67. The van der Waals surface area contributed by atoms with Crippen LogP contribution < -0.4 is 20.2 Å². The lowest BCUT2D eigenvalue weighted by Gasteiger charge is -2.25. The van der Waals surface area contributed by atoms with Crippen molar-refractivity contribution in [1.29, 1.82) is 0 Å². The predicted molar refractivity (Wildman–Crippen MR) is 136 cm³/mol. The molecule has 0 spiro atoms. The molecule has 4 aromatic rings. The Morgan fingerprint density at radius 3 is 2.37 bits per heavy atom. The van der Waals surface area contributed by atoms with Crippen molar-refractivity contribution in [3.63, 3.8) is 0 Å². The van der Waals surface area contributed by atoms with Gasteiger partial charge in [0, 0.05) is 5.69 Å². The van der Waals surface area contributed by atoms with Gasteiger partial charge in [-0.2, -0.15) is 0 Å². The summed E-state index contributed by atoms with van der Waals surface area (Å²) in [5.74, 6) is -0.754. The number of nitrogens with zero attached hydrogens (tertiary/aromatic N) is 2. The monoisotopic (exact) mass is 483 g/mol. The van der Waals surface area contributed by atoms with Crippen LogP contribution in [0.4, 0.5) is 10.1 Å². The van der Waals surface area contributed by atoms with Crippen LogP contribution in [0, 0.1) is 12.7 Å². The highest BCUT2D eigenvalue weighted by Crippen LogP contribution is 2.30. The molecular formula is C28H22FN3O2S. The molecule has 1 aromatic heterocycles. The summed E-state index contributed by atoms with van der Waals surface area (Å²) in [4.78, 5) is 32.2. The minimum Gasteiger partial charge on any atom is -0.322 e. The maximum atomic E-state index is 13.7. The first-order valence-electron chi connectivity index (χ1n) is 11.1. The average Bonchev–Trinajstić information content (AvgIpc) is 3.15. The Labute approximate surface area is 205 Å². The number of halogens is 1. The van der Waals surface area contributed by atoms with E-state index in [0.29, 0.717) is 31.9 Å². The number of benzene rings is 3. The molecule has 1 aliphatic heterocycles. The normalized spacial score (nSPS) is 15.5. The number of amides is 1. The summed E-state index contributed by atoms with van der Waals surface area (Å²) >= 11 is 1.27. The van der Waals surface area contributed by atoms with Crippen molar-refractivity contribution < 1.29 is 9.18 Å². The largest absolute Gasteiger partial charge is 0.322 e. The summed E-state index contributed by atoms with van der Waals surface area (Å²) in [6.07, 6.45) is 1.83. The van der Waals surface area contributed by atoms with Gasteiger partial charge in [-0.3, -0.25) is 14.2 Å². The van der Waals surface area contributed by atoms with Crippen LogP contribution in [-0.2, 0) is 4.79 Å². The third kappa shape index (κ3) is 4.50. The number of para-hydroxylation sites is 1. The van der Waals surface area contributed by atoms with Crippen molar-refractivity contribution in [2.24, 2.45) is 4.99 Å².